The van der Waals surface area contributed by atoms with Gasteiger partial charge in [-0.2, -0.15) is 16.4 Å². The van der Waals surface area contributed by atoms with E-state index in [1.165, 1.54) is 6.20 Å². The van der Waals surface area contributed by atoms with Crippen LogP contribution in [0.3, 0.4) is 0 Å². The number of nitrogens with two attached hydrogens (primary N) is 1. The molecule has 0 aliphatic heterocycles. The smallest absolute Gasteiger partial charge is 0.160 e. The summed E-state index contributed by atoms with van der Waals surface area (Å²) in [4.78, 5) is 17.0. The SMILES string of the molecule is C#Cc1[nH]c(-c2n[nH]c3ncc(-c4cncc(CNCC)c4)cc23)nc1/C(=C\N)c1ccsc1. The summed E-state index contributed by atoms with van der Waals surface area (Å²) in [5.74, 6) is 3.23. The van der Waals surface area contributed by atoms with E-state index in [0.717, 1.165) is 46.3 Å². The molecule has 5 aromatic heterocycles. The van der Waals surface area contributed by atoms with Crippen LogP contribution in [0.15, 0.2) is 53.7 Å². The van der Waals surface area contributed by atoms with Gasteiger partial charge in [-0.3, -0.25) is 10.1 Å². The fourth-order valence-electron chi connectivity index (χ4n) is 3.77. The van der Waals surface area contributed by atoms with Crippen molar-refractivity contribution in [1.29, 1.82) is 0 Å². The summed E-state index contributed by atoms with van der Waals surface area (Å²) in [6.07, 6.45) is 12.8. The fourth-order valence-corrected chi connectivity index (χ4v) is 4.42. The van der Waals surface area contributed by atoms with Gasteiger partial charge in [-0.1, -0.05) is 12.8 Å². The average Bonchev–Trinajstić information content (AvgIpc) is 3.63. The molecule has 8 nitrogen and oxygen atoms in total. The second kappa shape index (κ2) is 9.31. The number of fused-ring (bicyclic) bond motifs is 1. The number of nitrogens with one attached hydrogen (secondary N) is 3. The molecule has 0 spiro atoms. The van der Waals surface area contributed by atoms with Crippen LogP contribution in [-0.4, -0.2) is 36.7 Å². The molecule has 0 bridgehead atoms. The second-order valence-electron chi connectivity index (χ2n) is 7.60. The molecule has 0 radical (unpaired) electrons. The molecule has 168 valence electrons. The summed E-state index contributed by atoms with van der Waals surface area (Å²) in [5, 5.41) is 15.6. The van der Waals surface area contributed by atoms with E-state index in [9.17, 15) is 0 Å². The van der Waals surface area contributed by atoms with Crippen LogP contribution in [0, 0.1) is 12.3 Å². The van der Waals surface area contributed by atoms with Gasteiger partial charge in [0.25, 0.3) is 0 Å². The standard InChI is InChI=1S/C25H22N8S/c1-3-21-22(20(9-26)16-5-6-34-14-16)31-25(30-21)23-19-8-18(13-29-24(19)33-32-23)17-7-15(10-27-4-2)11-28-12-17/h1,5-9,11-14,27H,4,10,26H2,2H3,(H,30,31)(H,29,32,33)/b20-9-. The number of thiophene rings is 1. The van der Waals surface area contributed by atoms with Crippen molar-refractivity contribution >= 4 is 27.9 Å². The van der Waals surface area contributed by atoms with Crippen LogP contribution in [0.5, 0.6) is 0 Å². The van der Waals surface area contributed by atoms with Gasteiger partial charge in [0.05, 0.1) is 5.39 Å². The van der Waals surface area contributed by atoms with Crippen LogP contribution < -0.4 is 11.1 Å². The minimum absolute atomic E-state index is 0.540. The molecule has 0 amide bonds. The first-order valence-electron chi connectivity index (χ1n) is 10.7. The number of hydrogen-bond acceptors (Lipinski definition) is 7. The number of aromatic nitrogens is 6. The van der Waals surface area contributed by atoms with Gasteiger partial charge in [-0.05, 0) is 46.6 Å². The molecule has 0 atom stereocenters. The Hall–Kier alpha value is -4.26. The molecule has 0 fully saturated rings. The van der Waals surface area contributed by atoms with E-state index in [-0.39, 0.29) is 0 Å². The van der Waals surface area contributed by atoms with Crippen LogP contribution in [0.25, 0.3) is 39.3 Å². The first-order chi connectivity index (χ1) is 16.7. The van der Waals surface area contributed by atoms with Gasteiger partial charge in [0.1, 0.15) is 17.1 Å². The molecule has 34 heavy (non-hydrogen) atoms. The summed E-state index contributed by atoms with van der Waals surface area (Å²) < 4.78 is 0. The zero-order valence-electron chi connectivity index (χ0n) is 18.5. The highest BCUT2D eigenvalue weighted by Crippen LogP contribution is 2.31. The Morgan fingerprint density at radius 2 is 2.15 bits per heavy atom. The van der Waals surface area contributed by atoms with E-state index in [0.29, 0.717) is 28.6 Å². The largest absolute Gasteiger partial charge is 0.404 e. The van der Waals surface area contributed by atoms with Gasteiger partial charge < -0.3 is 16.0 Å². The van der Waals surface area contributed by atoms with Gasteiger partial charge in [0.15, 0.2) is 11.5 Å². The van der Waals surface area contributed by atoms with Gasteiger partial charge >= 0.3 is 0 Å². The number of imidazole rings is 1. The number of H-pyrrole nitrogens is 2. The van der Waals surface area contributed by atoms with Gasteiger partial charge in [0, 0.05) is 48.0 Å². The Labute approximate surface area is 200 Å². The minimum atomic E-state index is 0.540. The third kappa shape index (κ3) is 3.96. The highest BCUT2D eigenvalue weighted by molar-refractivity contribution is 7.08. The number of aromatic amines is 2. The first kappa shape index (κ1) is 21.6. The summed E-state index contributed by atoms with van der Waals surface area (Å²) in [7, 11) is 0. The average molecular weight is 467 g/mol. The lowest BCUT2D eigenvalue weighted by Crippen LogP contribution is -2.11. The number of rotatable bonds is 7. The Morgan fingerprint density at radius 3 is 2.91 bits per heavy atom. The summed E-state index contributed by atoms with van der Waals surface area (Å²) in [5.41, 5.74) is 13.1. The topological polar surface area (TPSA) is 121 Å². The maximum Gasteiger partial charge on any atom is 0.160 e. The maximum absolute atomic E-state index is 5.94. The summed E-state index contributed by atoms with van der Waals surface area (Å²) in [6, 6.07) is 6.13. The normalized spacial score (nSPS) is 11.7. The molecule has 5 rings (SSSR count). The van der Waals surface area contributed by atoms with E-state index in [4.69, 9.17) is 17.1 Å². The van der Waals surface area contributed by atoms with Gasteiger partial charge in [-0.25, -0.2) is 9.97 Å². The predicted molar refractivity (Wildman–Crippen MR) is 136 cm³/mol. The Kier molecular flexibility index (Phi) is 5.91. The van der Waals surface area contributed by atoms with E-state index in [2.05, 4.69) is 49.4 Å². The van der Waals surface area contributed by atoms with Crippen molar-refractivity contribution in [3.8, 4) is 35.0 Å². The van der Waals surface area contributed by atoms with Crippen molar-refractivity contribution in [2.45, 2.75) is 13.5 Å². The van der Waals surface area contributed by atoms with Crippen LogP contribution in [-0.2, 0) is 6.54 Å². The number of terminal acetylenes is 1. The zero-order chi connectivity index (χ0) is 23.5. The lowest BCUT2D eigenvalue weighted by Gasteiger charge is -2.05. The molecule has 5 N–H and O–H groups in total. The Balaban J connectivity index is 1.57. The highest BCUT2D eigenvalue weighted by atomic mass is 32.1. The van der Waals surface area contributed by atoms with Crippen LogP contribution in [0.4, 0.5) is 0 Å². The van der Waals surface area contributed by atoms with E-state index in [1.807, 2.05) is 41.5 Å². The first-order valence-corrected chi connectivity index (χ1v) is 11.7. The molecular weight excluding hydrogens is 444 g/mol. The van der Waals surface area contributed by atoms with Crippen molar-refractivity contribution in [3.63, 3.8) is 0 Å². The number of hydrogen-bond donors (Lipinski definition) is 4. The molecule has 0 aromatic carbocycles. The summed E-state index contributed by atoms with van der Waals surface area (Å²) in [6.45, 7) is 3.73. The zero-order valence-corrected chi connectivity index (χ0v) is 19.3. The Morgan fingerprint density at radius 1 is 1.26 bits per heavy atom. The molecular formula is C25H22N8S. The maximum atomic E-state index is 5.94. The minimum Gasteiger partial charge on any atom is -0.404 e. The summed E-state index contributed by atoms with van der Waals surface area (Å²) >= 11 is 1.58. The second-order valence-corrected chi connectivity index (χ2v) is 8.38. The van der Waals surface area contributed by atoms with E-state index in [1.54, 1.807) is 11.3 Å². The van der Waals surface area contributed by atoms with E-state index >= 15 is 0 Å². The van der Waals surface area contributed by atoms with Crippen molar-refractivity contribution in [1.82, 2.24) is 35.5 Å². The van der Waals surface area contributed by atoms with Crippen LogP contribution >= 0.6 is 11.3 Å². The van der Waals surface area contributed by atoms with Crippen molar-refractivity contribution < 1.29 is 0 Å². The van der Waals surface area contributed by atoms with Gasteiger partial charge in [-0.15, -0.1) is 6.42 Å². The van der Waals surface area contributed by atoms with Gasteiger partial charge in [0.2, 0.25) is 0 Å². The molecule has 0 unspecified atom stereocenters. The molecule has 0 saturated heterocycles. The molecule has 0 aliphatic carbocycles. The molecule has 0 saturated carbocycles. The molecule has 9 heteroatoms. The molecule has 5 aromatic rings. The molecule has 5 heterocycles. The van der Waals surface area contributed by atoms with Crippen molar-refractivity contribution in [2.75, 3.05) is 6.54 Å². The lowest BCUT2D eigenvalue weighted by atomic mass is 10.1. The predicted octanol–water partition coefficient (Wildman–Crippen LogP) is 3.91. The van der Waals surface area contributed by atoms with Crippen molar-refractivity contribution in [2.24, 2.45) is 5.73 Å². The lowest BCUT2D eigenvalue weighted by molar-refractivity contribution is 0.724. The third-order valence-electron chi connectivity index (χ3n) is 5.45. The molecule has 0 aliphatic rings. The third-order valence-corrected chi connectivity index (χ3v) is 6.13. The van der Waals surface area contributed by atoms with Crippen molar-refractivity contribution in [3.05, 3.63) is 76.3 Å². The fraction of sp³-hybridized carbons (Fsp3) is 0.120. The van der Waals surface area contributed by atoms with Crippen LogP contribution in [0.1, 0.15) is 29.4 Å². The number of pyridine rings is 2. The van der Waals surface area contributed by atoms with E-state index < -0.39 is 0 Å². The number of nitrogens with zero attached hydrogens (tertiary/aromatic N) is 4. The van der Waals surface area contributed by atoms with Crippen LogP contribution in [0.2, 0.25) is 0 Å². The monoisotopic (exact) mass is 466 g/mol. The Bertz CT molecular complexity index is 1520. The highest BCUT2D eigenvalue weighted by Gasteiger charge is 2.19. The quantitative estimate of drug-likeness (QED) is 0.270.